The van der Waals surface area contributed by atoms with Crippen molar-refractivity contribution >= 4 is 27.3 Å². The topological polar surface area (TPSA) is 50.9 Å². The summed E-state index contributed by atoms with van der Waals surface area (Å²) in [6.07, 6.45) is -0.0509. The summed E-state index contributed by atoms with van der Waals surface area (Å²) in [6.45, 7) is 3.87. The molecule has 0 saturated carbocycles. The Morgan fingerprint density at radius 1 is 1.53 bits per heavy atom. The first-order valence-corrected chi connectivity index (χ1v) is 6.94. The van der Waals surface area contributed by atoms with E-state index in [4.69, 9.17) is 0 Å². The summed E-state index contributed by atoms with van der Waals surface area (Å²) >= 11 is 4.99. The highest BCUT2D eigenvalue weighted by atomic mass is 79.9. The van der Waals surface area contributed by atoms with E-state index in [1.807, 2.05) is 26.3 Å². The van der Waals surface area contributed by atoms with Crippen LogP contribution in [-0.2, 0) is 13.5 Å². The minimum atomic E-state index is -0.570. The molecule has 2 aromatic heterocycles. The zero-order valence-corrected chi connectivity index (χ0v) is 12.3. The summed E-state index contributed by atoms with van der Waals surface area (Å²) in [5.74, 6) is 0. The Balaban J connectivity index is 2.21. The molecule has 1 N–H and O–H groups in total. The van der Waals surface area contributed by atoms with E-state index in [1.165, 1.54) is 11.3 Å². The normalized spacial score (nSPS) is 13.0. The molecule has 2 heterocycles. The molecule has 0 aliphatic heterocycles. The van der Waals surface area contributed by atoms with E-state index in [0.717, 1.165) is 26.6 Å². The van der Waals surface area contributed by atoms with Crippen molar-refractivity contribution in [3.63, 3.8) is 0 Å². The third-order valence-corrected chi connectivity index (χ3v) is 4.67. The van der Waals surface area contributed by atoms with Gasteiger partial charge in [-0.3, -0.25) is 4.68 Å². The second kappa shape index (κ2) is 4.88. The van der Waals surface area contributed by atoms with E-state index < -0.39 is 6.10 Å². The standard InChI is InChI=1S/C11H14BrN3OS/c1-6-5-17-11(13-6)9(16)4-8-10(12)7(2)14-15(8)3/h5,9,16H,4H2,1-3H3. The average Bonchev–Trinajstić information content (AvgIpc) is 2.79. The fourth-order valence-electron chi connectivity index (χ4n) is 1.70. The quantitative estimate of drug-likeness (QED) is 0.947. The largest absolute Gasteiger partial charge is 0.386 e. The zero-order chi connectivity index (χ0) is 12.6. The van der Waals surface area contributed by atoms with Crippen LogP contribution in [0.1, 0.15) is 28.2 Å². The Kier molecular flexibility index (Phi) is 3.65. The molecule has 0 spiro atoms. The van der Waals surface area contributed by atoms with Crippen LogP contribution in [0.15, 0.2) is 9.85 Å². The number of thiazole rings is 1. The highest BCUT2D eigenvalue weighted by molar-refractivity contribution is 9.10. The van der Waals surface area contributed by atoms with Crippen LogP contribution in [0.25, 0.3) is 0 Å². The fourth-order valence-corrected chi connectivity index (χ4v) is 2.98. The maximum atomic E-state index is 10.1. The van der Waals surface area contributed by atoms with Crippen molar-refractivity contribution in [1.82, 2.24) is 14.8 Å². The lowest BCUT2D eigenvalue weighted by Crippen LogP contribution is -2.06. The zero-order valence-electron chi connectivity index (χ0n) is 9.94. The first-order valence-electron chi connectivity index (χ1n) is 5.27. The SMILES string of the molecule is Cc1csc(C(O)Cc2c(Br)c(C)nn2C)n1. The summed E-state index contributed by atoms with van der Waals surface area (Å²) in [4.78, 5) is 4.30. The van der Waals surface area contributed by atoms with Crippen LogP contribution < -0.4 is 0 Å². The first-order chi connectivity index (χ1) is 7.99. The Labute approximate surface area is 112 Å². The first kappa shape index (κ1) is 12.7. The van der Waals surface area contributed by atoms with Gasteiger partial charge in [-0.25, -0.2) is 4.98 Å². The highest BCUT2D eigenvalue weighted by Crippen LogP contribution is 2.27. The van der Waals surface area contributed by atoms with E-state index in [0.29, 0.717) is 6.42 Å². The smallest absolute Gasteiger partial charge is 0.122 e. The number of aliphatic hydroxyl groups is 1. The van der Waals surface area contributed by atoms with Crippen molar-refractivity contribution in [2.75, 3.05) is 0 Å². The molecule has 17 heavy (non-hydrogen) atoms. The molecule has 0 aromatic carbocycles. The predicted molar refractivity (Wildman–Crippen MR) is 71.2 cm³/mol. The third-order valence-electron chi connectivity index (χ3n) is 2.57. The van der Waals surface area contributed by atoms with Gasteiger partial charge in [0.05, 0.1) is 15.9 Å². The second-order valence-corrected chi connectivity index (χ2v) is 5.70. The Hall–Kier alpha value is -0.720. The second-order valence-electron chi connectivity index (χ2n) is 4.02. The van der Waals surface area contributed by atoms with E-state index in [1.54, 1.807) is 4.68 Å². The van der Waals surface area contributed by atoms with E-state index in [-0.39, 0.29) is 0 Å². The summed E-state index contributed by atoms with van der Waals surface area (Å²) in [5, 5.41) is 17.1. The lowest BCUT2D eigenvalue weighted by Gasteiger charge is -2.08. The molecule has 92 valence electrons. The third kappa shape index (κ3) is 2.59. The minimum absolute atomic E-state index is 0.519. The molecular formula is C11H14BrN3OS. The van der Waals surface area contributed by atoms with Gasteiger partial charge < -0.3 is 5.11 Å². The molecule has 0 radical (unpaired) electrons. The number of nitrogens with zero attached hydrogens (tertiary/aromatic N) is 3. The number of aryl methyl sites for hydroxylation is 3. The van der Waals surface area contributed by atoms with Crippen LogP contribution in [0.4, 0.5) is 0 Å². The molecular weight excluding hydrogens is 302 g/mol. The molecule has 6 heteroatoms. The van der Waals surface area contributed by atoms with Gasteiger partial charge in [0.25, 0.3) is 0 Å². The van der Waals surface area contributed by atoms with Crippen LogP contribution in [0, 0.1) is 13.8 Å². The lowest BCUT2D eigenvalue weighted by molar-refractivity contribution is 0.175. The number of rotatable bonds is 3. The number of halogens is 1. The van der Waals surface area contributed by atoms with Gasteiger partial charge in [0, 0.05) is 24.5 Å². The lowest BCUT2D eigenvalue weighted by atomic mass is 10.2. The molecule has 1 unspecified atom stereocenters. The maximum Gasteiger partial charge on any atom is 0.122 e. The fraction of sp³-hybridized carbons (Fsp3) is 0.455. The van der Waals surface area contributed by atoms with Gasteiger partial charge in [-0.15, -0.1) is 11.3 Å². The van der Waals surface area contributed by atoms with E-state index >= 15 is 0 Å². The number of aromatic nitrogens is 3. The molecule has 0 bridgehead atoms. The Morgan fingerprint density at radius 3 is 2.71 bits per heavy atom. The molecule has 0 saturated heterocycles. The summed E-state index contributed by atoms with van der Waals surface area (Å²) in [5.41, 5.74) is 2.87. The molecule has 2 rings (SSSR count). The van der Waals surface area contributed by atoms with Crippen LogP contribution in [-0.4, -0.2) is 19.9 Å². The van der Waals surface area contributed by atoms with E-state index in [9.17, 15) is 5.11 Å². The highest BCUT2D eigenvalue weighted by Gasteiger charge is 2.18. The van der Waals surface area contributed by atoms with E-state index in [2.05, 4.69) is 26.0 Å². The predicted octanol–water partition coefficient (Wildman–Crippen LogP) is 2.53. The summed E-state index contributed by atoms with van der Waals surface area (Å²) < 4.78 is 2.76. The van der Waals surface area contributed by atoms with Gasteiger partial charge in [0.1, 0.15) is 11.1 Å². The van der Waals surface area contributed by atoms with Crippen LogP contribution >= 0.6 is 27.3 Å². The van der Waals surface area contributed by atoms with Crippen molar-refractivity contribution in [3.05, 3.63) is 31.9 Å². The molecule has 2 aromatic rings. The molecule has 0 fully saturated rings. The van der Waals surface area contributed by atoms with Gasteiger partial charge in [-0.05, 0) is 29.8 Å². The van der Waals surface area contributed by atoms with Crippen LogP contribution in [0.2, 0.25) is 0 Å². The van der Waals surface area contributed by atoms with Crippen molar-refractivity contribution in [1.29, 1.82) is 0 Å². The number of hydrogen-bond acceptors (Lipinski definition) is 4. The molecule has 0 amide bonds. The van der Waals surface area contributed by atoms with Gasteiger partial charge >= 0.3 is 0 Å². The average molecular weight is 316 g/mol. The summed E-state index contributed by atoms with van der Waals surface area (Å²) in [7, 11) is 1.88. The molecule has 0 aliphatic rings. The van der Waals surface area contributed by atoms with Gasteiger partial charge in [0.15, 0.2) is 0 Å². The van der Waals surface area contributed by atoms with Gasteiger partial charge in [0.2, 0.25) is 0 Å². The molecule has 0 aliphatic carbocycles. The Bertz CT molecular complexity index is 535. The molecule has 4 nitrogen and oxygen atoms in total. The van der Waals surface area contributed by atoms with Gasteiger partial charge in [-0.2, -0.15) is 5.10 Å². The van der Waals surface area contributed by atoms with Crippen molar-refractivity contribution < 1.29 is 5.11 Å². The molecule has 1 atom stereocenters. The summed E-state index contributed by atoms with van der Waals surface area (Å²) in [6, 6.07) is 0. The number of hydrogen-bond donors (Lipinski definition) is 1. The Morgan fingerprint density at radius 2 is 2.24 bits per heavy atom. The van der Waals surface area contributed by atoms with Crippen molar-refractivity contribution in [3.8, 4) is 0 Å². The van der Waals surface area contributed by atoms with Gasteiger partial charge in [-0.1, -0.05) is 0 Å². The number of aliphatic hydroxyl groups excluding tert-OH is 1. The van der Waals surface area contributed by atoms with Crippen LogP contribution in [0.3, 0.4) is 0 Å². The minimum Gasteiger partial charge on any atom is -0.386 e. The van der Waals surface area contributed by atoms with Crippen LogP contribution in [0.5, 0.6) is 0 Å². The van der Waals surface area contributed by atoms with Crippen molar-refractivity contribution in [2.24, 2.45) is 7.05 Å². The maximum absolute atomic E-state index is 10.1. The van der Waals surface area contributed by atoms with Crippen molar-refractivity contribution in [2.45, 2.75) is 26.4 Å². The monoisotopic (exact) mass is 315 g/mol.